The SMILES string of the molecule is CC(C)(C)Sc1cnc2cc(F)ccc2c1Cl. The lowest BCUT2D eigenvalue weighted by Gasteiger charge is -2.18. The highest BCUT2D eigenvalue weighted by molar-refractivity contribution is 8.00. The third-order valence-electron chi connectivity index (χ3n) is 2.15. The van der Waals surface area contributed by atoms with Gasteiger partial charge in [-0.05, 0) is 12.1 Å². The van der Waals surface area contributed by atoms with Gasteiger partial charge in [0.2, 0.25) is 0 Å². The first-order valence-corrected chi connectivity index (χ1v) is 6.49. The number of nitrogens with zero attached hydrogens (tertiary/aromatic N) is 1. The topological polar surface area (TPSA) is 12.9 Å². The van der Waals surface area contributed by atoms with Crippen LogP contribution in [0, 0.1) is 5.82 Å². The number of rotatable bonds is 1. The summed E-state index contributed by atoms with van der Waals surface area (Å²) in [5, 5.41) is 1.44. The van der Waals surface area contributed by atoms with E-state index in [2.05, 4.69) is 25.8 Å². The highest BCUT2D eigenvalue weighted by atomic mass is 35.5. The average Bonchev–Trinajstić information content (AvgIpc) is 2.20. The number of halogens is 2. The molecule has 0 amide bonds. The Kier molecular flexibility index (Phi) is 3.32. The zero-order valence-electron chi connectivity index (χ0n) is 9.92. The van der Waals surface area contributed by atoms with Gasteiger partial charge in [-0.25, -0.2) is 4.39 Å². The van der Waals surface area contributed by atoms with Crippen LogP contribution in [0.3, 0.4) is 0 Å². The molecule has 4 heteroatoms. The van der Waals surface area contributed by atoms with E-state index in [1.807, 2.05) is 0 Å². The summed E-state index contributed by atoms with van der Waals surface area (Å²) >= 11 is 7.97. The van der Waals surface area contributed by atoms with E-state index in [1.165, 1.54) is 12.1 Å². The van der Waals surface area contributed by atoms with Crippen LogP contribution in [0.25, 0.3) is 10.9 Å². The molecule has 2 aromatic rings. The lowest BCUT2D eigenvalue weighted by Crippen LogP contribution is -2.06. The summed E-state index contributed by atoms with van der Waals surface area (Å²) in [5.74, 6) is -0.294. The maximum Gasteiger partial charge on any atom is 0.125 e. The van der Waals surface area contributed by atoms with Crippen molar-refractivity contribution in [3.63, 3.8) is 0 Å². The summed E-state index contributed by atoms with van der Waals surface area (Å²) in [7, 11) is 0. The van der Waals surface area contributed by atoms with Crippen molar-refractivity contribution in [1.29, 1.82) is 0 Å². The summed E-state index contributed by atoms with van der Waals surface area (Å²) < 4.78 is 13.1. The van der Waals surface area contributed by atoms with Gasteiger partial charge in [0.05, 0.1) is 10.5 Å². The minimum Gasteiger partial charge on any atom is -0.255 e. The average molecular weight is 270 g/mol. The summed E-state index contributed by atoms with van der Waals surface area (Å²) in [6.45, 7) is 6.34. The predicted molar refractivity (Wildman–Crippen MR) is 72.3 cm³/mol. The summed E-state index contributed by atoms with van der Waals surface area (Å²) in [5.41, 5.74) is 0.591. The van der Waals surface area contributed by atoms with Crippen LogP contribution in [0.1, 0.15) is 20.8 Å². The van der Waals surface area contributed by atoms with Crippen molar-refractivity contribution in [3.8, 4) is 0 Å². The Morgan fingerprint density at radius 1 is 1.29 bits per heavy atom. The van der Waals surface area contributed by atoms with E-state index in [9.17, 15) is 4.39 Å². The second-order valence-electron chi connectivity index (χ2n) is 4.81. The molecule has 1 aromatic heterocycles. The largest absolute Gasteiger partial charge is 0.255 e. The van der Waals surface area contributed by atoms with Gasteiger partial charge >= 0.3 is 0 Å². The minimum atomic E-state index is -0.294. The highest BCUT2D eigenvalue weighted by Crippen LogP contribution is 2.38. The Hall–Kier alpha value is -0.800. The number of fused-ring (bicyclic) bond motifs is 1. The first-order chi connectivity index (χ1) is 7.87. The van der Waals surface area contributed by atoms with Gasteiger partial charge in [-0.15, -0.1) is 11.8 Å². The maximum atomic E-state index is 13.1. The van der Waals surface area contributed by atoms with Crippen LogP contribution in [-0.2, 0) is 0 Å². The molecule has 0 radical (unpaired) electrons. The van der Waals surface area contributed by atoms with Crippen molar-refractivity contribution in [2.45, 2.75) is 30.4 Å². The molecule has 1 nitrogen and oxygen atoms in total. The molecule has 0 saturated heterocycles. The fourth-order valence-electron chi connectivity index (χ4n) is 1.52. The quantitative estimate of drug-likeness (QED) is 0.682. The standard InChI is InChI=1S/C13H13ClFNS/c1-13(2,3)17-11-7-16-10-6-8(15)4-5-9(10)12(11)14/h4-7H,1-3H3. The Bertz CT molecular complexity index is 563. The summed E-state index contributed by atoms with van der Waals surface area (Å²) in [6, 6.07) is 4.47. The number of hydrogen-bond acceptors (Lipinski definition) is 2. The molecule has 0 unspecified atom stereocenters. The van der Waals surface area contributed by atoms with Gasteiger partial charge in [0.1, 0.15) is 5.82 Å². The number of pyridine rings is 1. The van der Waals surface area contributed by atoms with Gasteiger partial charge in [0.25, 0.3) is 0 Å². The van der Waals surface area contributed by atoms with E-state index in [0.29, 0.717) is 10.5 Å². The molecule has 1 heterocycles. The van der Waals surface area contributed by atoms with Crippen LogP contribution in [0.5, 0.6) is 0 Å². The van der Waals surface area contributed by atoms with Crippen molar-refractivity contribution >= 4 is 34.3 Å². The smallest absolute Gasteiger partial charge is 0.125 e. The Balaban J connectivity index is 2.54. The lowest BCUT2D eigenvalue weighted by molar-refractivity contribution is 0.629. The Morgan fingerprint density at radius 2 is 2.00 bits per heavy atom. The van der Waals surface area contributed by atoms with Crippen molar-refractivity contribution in [2.75, 3.05) is 0 Å². The van der Waals surface area contributed by atoms with Gasteiger partial charge in [0.15, 0.2) is 0 Å². The normalized spacial score (nSPS) is 12.1. The van der Waals surface area contributed by atoms with Crippen molar-refractivity contribution in [2.24, 2.45) is 0 Å². The van der Waals surface area contributed by atoms with E-state index in [0.717, 1.165) is 10.3 Å². The van der Waals surface area contributed by atoms with Gasteiger partial charge < -0.3 is 0 Å². The van der Waals surface area contributed by atoms with Crippen LogP contribution in [0.2, 0.25) is 5.02 Å². The van der Waals surface area contributed by atoms with E-state index in [-0.39, 0.29) is 10.6 Å². The predicted octanol–water partition coefficient (Wildman–Crippen LogP) is 4.92. The van der Waals surface area contributed by atoms with Crippen molar-refractivity contribution in [1.82, 2.24) is 4.98 Å². The number of thioether (sulfide) groups is 1. The number of hydrogen-bond donors (Lipinski definition) is 0. The van der Waals surface area contributed by atoms with Crippen LogP contribution in [0.4, 0.5) is 4.39 Å². The van der Waals surface area contributed by atoms with E-state index >= 15 is 0 Å². The van der Waals surface area contributed by atoms with Gasteiger partial charge in [0, 0.05) is 27.3 Å². The zero-order valence-corrected chi connectivity index (χ0v) is 11.5. The second-order valence-corrected chi connectivity index (χ2v) is 7.06. The summed E-state index contributed by atoms with van der Waals surface area (Å²) in [4.78, 5) is 5.17. The molecule has 0 saturated carbocycles. The molecule has 0 fully saturated rings. The van der Waals surface area contributed by atoms with Gasteiger partial charge in [-0.2, -0.15) is 0 Å². The third-order valence-corrected chi connectivity index (χ3v) is 3.81. The number of benzene rings is 1. The van der Waals surface area contributed by atoms with E-state index in [1.54, 1.807) is 24.0 Å². The van der Waals surface area contributed by atoms with Crippen molar-refractivity contribution in [3.05, 3.63) is 35.2 Å². The molecule has 0 aliphatic heterocycles. The minimum absolute atomic E-state index is 0.0685. The molecule has 17 heavy (non-hydrogen) atoms. The second kappa shape index (κ2) is 4.46. The molecule has 0 atom stereocenters. The lowest BCUT2D eigenvalue weighted by atomic mass is 10.2. The first-order valence-electron chi connectivity index (χ1n) is 5.29. The number of aromatic nitrogens is 1. The molecule has 2 rings (SSSR count). The Labute approximate surface area is 109 Å². The summed E-state index contributed by atoms with van der Waals surface area (Å²) in [6.07, 6.45) is 1.71. The third kappa shape index (κ3) is 2.90. The molecular formula is C13H13ClFNS. The Morgan fingerprint density at radius 3 is 2.65 bits per heavy atom. The van der Waals surface area contributed by atoms with Crippen LogP contribution in [0.15, 0.2) is 29.3 Å². The zero-order chi connectivity index (χ0) is 12.6. The molecule has 0 aliphatic rings. The van der Waals surface area contributed by atoms with Crippen molar-refractivity contribution < 1.29 is 4.39 Å². The molecule has 0 bridgehead atoms. The van der Waals surface area contributed by atoms with Crippen LogP contribution >= 0.6 is 23.4 Å². The highest BCUT2D eigenvalue weighted by Gasteiger charge is 2.16. The van der Waals surface area contributed by atoms with Crippen LogP contribution < -0.4 is 0 Å². The molecule has 0 aliphatic carbocycles. The van der Waals surface area contributed by atoms with Gasteiger partial charge in [-0.1, -0.05) is 32.4 Å². The first kappa shape index (κ1) is 12.7. The molecule has 0 N–H and O–H groups in total. The fourth-order valence-corrected chi connectivity index (χ4v) is 2.80. The molecular weight excluding hydrogens is 257 g/mol. The van der Waals surface area contributed by atoms with E-state index < -0.39 is 0 Å². The molecule has 90 valence electrons. The monoisotopic (exact) mass is 269 g/mol. The van der Waals surface area contributed by atoms with Crippen LogP contribution in [-0.4, -0.2) is 9.73 Å². The van der Waals surface area contributed by atoms with E-state index in [4.69, 9.17) is 11.6 Å². The maximum absolute atomic E-state index is 13.1. The van der Waals surface area contributed by atoms with Gasteiger partial charge in [-0.3, -0.25) is 4.98 Å². The molecule has 0 spiro atoms. The fraction of sp³-hybridized carbons (Fsp3) is 0.308. The molecule has 1 aromatic carbocycles.